The van der Waals surface area contributed by atoms with E-state index in [1.165, 1.54) is 37.4 Å². The molecule has 0 aliphatic rings. The van der Waals surface area contributed by atoms with E-state index in [0.717, 1.165) is 37.7 Å². The van der Waals surface area contributed by atoms with Crippen molar-refractivity contribution >= 4 is 80.2 Å². The van der Waals surface area contributed by atoms with Gasteiger partial charge in [-0.1, -0.05) is 152 Å². The van der Waals surface area contributed by atoms with Crippen LogP contribution in [0.4, 0.5) is 13.2 Å². The van der Waals surface area contributed by atoms with E-state index < -0.39 is 11.7 Å². The largest absolute Gasteiger partial charge is 0.417 e. The molecule has 0 atom stereocenters. The standard InChI is InChI=1S/C48H31F3S/c1-3-5-15-29(4-2)43-31-16-6-8-18-33(31)45(34-19-9-7-17-32(34)43)40-25-14-24-39-41-28-30(26-27-42(41)52-47(39)40)44-35-20-10-12-22-37(35)46(48(49,50)51)38-23-13-11-21-36(38)44/h3-28H,1H2,2H3/b15-5-,29-4+. The van der Waals surface area contributed by atoms with Crippen LogP contribution in [0.5, 0.6) is 0 Å². The molecule has 0 amide bonds. The fourth-order valence-electron chi connectivity index (χ4n) is 8.12. The molecule has 1 heterocycles. The molecule has 0 unspecified atom stereocenters. The molecule has 0 spiro atoms. The summed E-state index contributed by atoms with van der Waals surface area (Å²) in [6.45, 7) is 5.97. The first-order valence-corrected chi connectivity index (χ1v) is 18.1. The van der Waals surface area contributed by atoms with Gasteiger partial charge in [-0.3, -0.25) is 0 Å². The van der Waals surface area contributed by atoms with Gasteiger partial charge < -0.3 is 0 Å². The minimum absolute atomic E-state index is 0.213. The number of alkyl halides is 3. The molecule has 0 fully saturated rings. The average molecular weight is 697 g/mol. The van der Waals surface area contributed by atoms with Gasteiger partial charge in [0.1, 0.15) is 0 Å². The Bertz CT molecular complexity index is 2860. The number of rotatable bonds is 5. The zero-order valence-corrected chi connectivity index (χ0v) is 29.1. The minimum atomic E-state index is -4.50. The Kier molecular flexibility index (Phi) is 7.60. The number of fused-ring (bicyclic) bond motifs is 7. The topological polar surface area (TPSA) is 0 Å². The summed E-state index contributed by atoms with van der Waals surface area (Å²) in [4.78, 5) is 0. The van der Waals surface area contributed by atoms with Crippen LogP contribution in [0, 0.1) is 0 Å². The predicted molar refractivity (Wildman–Crippen MR) is 218 cm³/mol. The van der Waals surface area contributed by atoms with E-state index >= 15 is 0 Å². The lowest BCUT2D eigenvalue weighted by atomic mass is 9.85. The lowest BCUT2D eigenvalue weighted by molar-refractivity contribution is -0.135. The second-order valence-electron chi connectivity index (χ2n) is 13.0. The van der Waals surface area contributed by atoms with Gasteiger partial charge in [0, 0.05) is 25.7 Å². The monoisotopic (exact) mass is 696 g/mol. The Morgan fingerprint density at radius 2 is 1.10 bits per heavy atom. The van der Waals surface area contributed by atoms with Crippen molar-refractivity contribution in [1.82, 2.24) is 0 Å². The van der Waals surface area contributed by atoms with E-state index in [9.17, 15) is 13.2 Å². The number of hydrogen-bond acceptors (Lipinski definition) is 1. The molecule has 0 bridgehead atoms. The second-order valence-corrected chi connectivity index (χ2v) is 14.1. The summed E-state index contributed by atoms with van der Waals surface area (Å²) in [5, 5.41) is 8.53. The molecule has 0 radical (unpaired) electrons. The predicted octanol–water partition coefficient (Wildman–Crippen LogP) is 15.2. The maximum absolute atomic E-state index is 14.6. The third-order valence-corrected chi connectivity index (χ3v) is 11.4. The number of halogens is 3. The number of hydrogen-bond donors (Lipinski definition) is 0. The van der Waals surface area contributed by atoms with E-state index in [4.69, 9.17) is 0 Å². The summed E-state index contributed by atoms with van der Waals surface area (Å²) in [5.74, 6) is 0. The molecule has 250 valence electrons. The fourth-order valence-corrected chi connectivity index (χ4v) is 9.32. The molecule has 0 saturated heterocycles. The molecule has 9 aromatic rings. The summed E-state index contributed by atoms with van der Waals surface area (Å²) in [6, 6.07) is 44.0. The minimum Gasteiger partial charge on any atom is -0.166 e. The normalized spacial score (nSPS) is 12.7. The first kappa shape index (κ1) is 32.0. The van der Waals surface area contributed by atoms with Crippen molar-refractivity contribution in [3.63, 3.8) is 0 Å². The molecular formula is C48H31F3S. The molecule has 0 aliphatic carbocycles. The molecule has 8 aromatic carbocycles. The van der Waals surface area contributed by atoms with Gasteiger partial charge in [-0.15, -0.1) is 11.3 Å². The smallest absolute Gasteiger partial charge is 0.166 e. The fraction of sp³-hybridized carbons (Fsp3) is 0.0417. The summed E-state index contributed by atoms with van der Waals surface area (Å²) in [7, 11) is 0. The molecule has 0 saturated carbocycles. The van der Waals surface area contributed by atoms with Crippen LogP contribution < -0.4 is 0 Å². The molecule has 52 heavy (non-hydrogen) atoms. The summed E-state index contributed by atoms with van der Waals surface area (Å²) < 4.78 is 46.2. The Hall–Kier alpha value is -5.97. The Balaban J connectivity index is 1.33. The average Bonchev–Trinajstić information content (AvgIpc) is 3.54. The molecule has 0 N–H and O–H groups in total. The van der Waals surface area contributed by atoms with E-state index in [2.05, 4.69) is 111 Å². The van der Waals surface area contributed by atoms with E-state index in [0.29, 0.717) is 10.8 Å². The summed E-state index contributed by atoms with van der Waals surface area (Å²) >= 11 is 1.76. The first-order valence-electron chi connectivity index (χ1n) is 17.2. The van der Waals surface area contributed by atoms with Crippen LogP contribution in [0.15, 0.2) is 164 Å². The highest BCUT2D eigenvalue weighted by atomic mass is 32.1. The Labute approximate surface area is 303 Å². The molecular weight excluding hydrogens is 666 g/mol. The third kappa shape index (κ3) is 4.90. The Morgan fingerprint density at radius 3 is 1.63 bits per heavy atom. The number of benzene rings is 8. The molecule has 9 rings (SSSR count). The quantitative estimate of drug-likeness (QED) is 0.124. The van der Waals surface area contributed by atoms with Crippen molar-refractivity contribution in [3.05, 3.63) is 175 Å². The van der Waals surface area contributed by atoms with Crippen LogP contribution in [-0.2, 0) is 6.18 Å². The van der Waals surface area contributed by atoms with E-state index in [1.807, 2.05) is 30.3 Å². The van der Waals surface area contributed by atoms with Crippen molar-refractivity contribution < 1.29 is 13.2 Å². The van der Waals surface area contributed by atoms with Crippen molar-refractivity contribution in [3.8, 4) is 22.3 Å². The third-order valence-electron chi connectivity index (χ3n) is 10.2. The van der Waals surface area contributed by atoms with Gasteiger partial charge in [-0.2, -0.15) is 13.2 Å². The number of allylic oxidation sites excluding steroid dienone is 5. The highest BCUT2D eigenvalue weighted by Crippen LogP contribution is 2.49. The second kappa shape index (κ2) is 12.4. The van der Waals surface area contributed by atoms with Crippen molar-refractivity contribution in [1.29, 1.82) is 0 Å². The molecule has 4 heteroatoms. The van der Waals surface area contributed by atoms with E-state index in [1.54, 1.807) is 41.7 Å². The lowest BCUT2D eigenvalue weighted by Gasteiger charge is -2.19. The zero-order chi connectivity index (χ0) is 35.6. The highest BCUT2D eigenvalue weighted by Gasteiger charge is 2.35. The Morgan fingerprint density at radius 1 is 0.577 bits per heavy atom. The van der Waals surface area contributed by atoms with E-state index in [-0.39, 0.29) is 10.8 Å². The van der Waals surface area contributed by atoms with Crippen LogP contribution in [0.2, 0.25) is 0 Å². The maximum Gasteiger partial charge on any atom is 0.417 e. The molecule has 0 nitrogen and oxygen atoms in total. The summed E-state index contributed by atoms with van der Waals surface area (Å²) in [6.07, 6.45) is 3.56. The van der Waals surface area contributed by atoms with Gasteiger partial charge in [0.15, 0.2) is 0 Å². The molecule has 0 aliphatic heterocycles. The lowest BCUT2D eigenvalue weighted by Crippen LogP contribution is -2.07. The van der Waals surface area contributed by atoms with Crippen molar-refractivity contribution in [2.24, 2.45) is 0 Å². The number of thiophene rings is 1. The van der Waals surface area contributed by atoms with Gasteiger partial charge in [0.2, 0.25) is 0 Å². The van der Waals surface area contributed by atoms with Crippen molar-refractivity contribution in [2.45, 2.75) is 13.1 Å². The van der Waals surface area contributed by atoms with Crippen LogP contribution >= 0.6 is 11.3 Å². The SMILES string of the molecule is C=C/C=C\C(=C/C)c1c2ccccc2c(-c2cccc3c2sc2ccc(-c4c5ccccc5c(C(F)(F)F)c5ccccc45)cc23)c2ccccc12. The summed E-state index contributed by atoms with van der Waals surface area (Å²) in [5.41, 5.74) is 5.80. The van der Waals surface area contributed by atoms with Crippen LogP contribution in [-0.4, -0.2) is 0 Å². The maximum atomic E-state index is 14.6. The highest BCUT2D eigenvalue weighted by molar-refractivity contribution is 7.26. The van der Waals surface area contributed by atoms with Gasteiger partial charge in [0.05, 0.1) is 5.56 Å². The van der Waals surface area contributed by atoms with Crippen LogP contribution in [0.3, 0.4) is 0 Å². The van der Waals surface area contributed by atoms with Crippen molar-refractivity contribution in [2.75, 3.05) is 0 Å². The van der Waals surface area contributed by atoms with Gasteiger partial charge in [-0.25, -0.2) is 0 Å². The molecule has 1 aromatic heterocycles. The van der Waals surface area contributed by atoms with Crippen LogP contribution in [0.1, 0.15) is 18.1 Å². The van der Waals surface area contributed by atoms with Crippen LogP contribution in [0.25, 0.3) is 91.1 Å². The first-order chi connectivity index (χ1) is 25.4. The van der Waals surface area contributed by atoms with Gasteiger partial charge in [-0.05, 0) is 90.0 Å². The zero-order valence-electron chi connectivity index (χ0n) is 28.3. The van der Waals surface area contributed by atoms with Gasteiger partial charge >= 0.3 is 6.18 Å². The van der Waals surface area contributed by atoms with Gasteiger partial charge in [0.25, 0.3) is 0 Å².